The van der Waals surface area contributed by atoms with Crippen LogP contribution in [-0.2, 0) is 11.3 Å². The van der Waals surface area contributed by atoms with Crippen LogP contribution < -0.4 is 14.8 Å². The summed E-state index contributed by atoms with van der Waals surface area (Å²) in [5.74, 6) is 0.867. The molecule has 1 aliphatic heterocycles. The van der Waals surface area contributed by atoms with Gasteiger partial charge in [0.2, 0.25) is 6.79 Å². The zero-order valence-corrected chi connectivity index (χ0v) is 13.2. The summed E-state index contributed by atoms with van der Waals surface area (Å²) in [6.45, 7) is 2.56. The summed E-state index contributed by atoms with van der Waals surface area (Å²) in [7, 11) is 0. The molecule has 5 heteroatoms. The summed E-state index contributed by atoms with van der Waals surface area (Å²) in [5, 5.41) is 12.0. The molecule has 0 saturated heterocycles. The van der Waals surface area contributed by atoms with Crippen molar-refractivity contribution in [1.82, 2.24) is 5.32 Å². The average Bonchev–Trinajstić information content (AvgIpc) is 3.06. The number of hydrogen-bond donors (Lipinski definition) is 1. The van der Waals surface area contributed by atoms with E-state index >= 15 is 0 Å². The molecule has 1 N–H and O–H groups in total. The highest BCUT2D eigenvalue weighted by Crippen LogP contribution is 2.33. The molecule has 0 bridgehead atoms. The Morgan fingerprint density at radius 2 is 1.96 bits per heavy atom. The highest BCUT2D eigenvalue weighted by atomic mass is 16.7. The number of carbonyl (C=O) groups excluding carboxylic acids is 1. The van der Waals surface area contributed by atoms with E-state index in [0.717, 1.165) is 11.1 Å². The fraction of sp³-hybridized carbons (Fsp3) is 0.158. The summed E-state index contributed by atoms with van der Waals surface area (Å²) in [5.41, 5.74) is 2.89. The first-order chi connectivity index (χ1) is 11.7. The van der Waals surface area contributed by atoms with Gasteiger partial charge >= 0.3 is 0 Å². The van der Waals surface area contributed by atoms with Gasteiger partial charge in [0.25, 0.3) is 5.91 Å². The molecular formula is C19H16N2O3. The Morgan fingerprint density at radius 3 is 2.71 bits per heavy atom. The Hall–Kier alpha value is -3.26. The number of aryl methyl sites for hydroxylation is 1. The van der Waals surface area contributed by atoms with Gasteiger partial charge in [-0.1, -0.05) is 35.9 Å². The maximum absolute atomic E-state index is 12.2. The lowest BCUT2D eigenvalue weighted by molar-refractivity contribution is -0.117. The van der Waals surface area contributed by atoms with E-state index in [-0.39, 0.29) is 12.4 Å². The van der Waals surface area contributed by atoms with Crippen molar-refractivity contribution in [3.05, 3.63) is 64.7 Å². The van der Waals surface area contributed by atoms with Crippen LogP contribution >= 0.6 is 0 Å². The summed E-state index contributed by atoms with van der Waals surface area (Å²) in [4.78, 5) is 12.2. The predicted molar refractivity (Wildman–Crippen MR) is 89.2 cm³/mol. The van der Waals surface area contributed by atoms with Crippen molar-refractivity contribution in [3.63, 3.8) is 0 Å². The smallest absolute Gasteiger partial charge is 0.262 e. The molecule has 24 heavy (non-hydrogen) atoms. The van der Waals surface area contributed by atoms with Crippen molar-refractivity contribution < 1.29 is 14.3 Å². The van der Waals surface area contributed by atoms with Crippen LogP contribution in [0.2, 0.25) is 0 Å². The van der Waals surface area contributed by atoms with Crippen LogP contribution in [0.1, 0.15) is 16.7 Å². The third-order valence-corrected chi connectivity index (χ3v) is 3.65. The molecule has 1 heterocycles. The van der Waals surface area contributed by atoms with Gasteiger partial charge in [-0.25, -0.2) is 0 Å². The van der Waals surface area contributed by atoms with Gasteiger partial charge in [-0.05, 0) is 36.3 Å². The molecular weight excluding hydrogens is 304 g/mol. The molecule has 0 fully saturated rings. The van der Waals surface area contributed by atoms with E-state index in [1.54, 1.807) is 18.2 Å². The largest absolute Gasteiger partial charge is 0.454 e. The first-order valence-corrected chi connectivity index (χ1v) is 7.51. The van der Waals surface area contributed by atoms with Gasteiger partial charge in [-0.3, -0.25) is 4.79 Å². The third kappa shape index (κ3) is 3.55. The van der Waals surface area contributed by atoms with E-state index in [0.29, 0.717) is 23.6 Å². The van der Waals surface area contributed by atoms with Gasteiger partial charge in [0.1, 0.15) is 11.6 Å². The number of fused-ring (bicyclic) bond motifs is 1. The number of benzene rings is 2. The number of amides is 1. The van der Waals surface area contributed by atoms with Gasteiger partial charge in [0.15, 0.2) is 11.5 Å². The fourth-order valence-corrected chi connectivity index (χ4v) is 2.30. The fourth-order valence-electron chi connectivity index (χ4n) is 2.30. The number of hydrogen-bond acceptors (Lipinski definition) is 4. The molecule has 120 valence electrons. The zero-order valence-electron chi connectivity index (χ0n) is 13.2. The molecule has 3 rings (SSSR count). The molecule has 0 aromatic heterocycles. The minimum absolute atomic E-state index is 0.0426. The zero-order chi connectivity index (χ0) is 16.9. The van der Waals surface area contributed by atoms with Crippen molar-refractivity contribution in [2.75, 3.05) is 6.79 Å². The number of nitrogens with one attached hydrogen (secondary N) is 1. The van der Waals surface area contributed by atoms with E-state index in [4.69, 9.17) is 9.47 Å². The Balaban J connectivity index is 1.69. The highest BCUT2D eigenvalue weighted by Gasteiger charge is 2.14. The Kier molecular flexibility index (Phi) is 4.48. The van der Waals surface area contributed by atoms with E-state index in [1.807, 2.05) is 37.3 Å². The van der Waals surface area contributed by atoms with Gasteiger partial charge < -0.3 is 14.8 Å². The molecule has 1 aliphatic rings. The van der Waals surface area contributed by atoms with Crippen molar-refractivity contribution in [3.8, 4) is 17.6 Å². The normalized spacial score (nSPS) is 12.6. The maximum atomic E-state index is 12.2. The first-order valence-electron chi connectivity index (χ1n) is 7.51. The number of nitrogens with zero attached hydrogens (tertiary/aromatic N) is 1. The van der Waals surface area contributed by atoms with Crippen LogP contribution in [-0.4, -0.2) is 12.7 Å². The third-order valence-electron chi connectivity index (χ3n) is 3.65. The van der Waals surface area contributed by atoms with E-state index in [1.165, 1.54) is 6.08 Å². The molecule has 1 amide bonds. The topological polar surface area (TPSA) is 71.4 Å². The number of ether oxygens (including phenoxy) is 2. The van der Waals surface area contributed by atoms with Gasteiger partial charge in [-0.15, -0.1) is 0 Å². The summed E-state index contributed by atoms with van der Waals surface area (Å²) < 4.78 is 10.5. The van der Waals surface area contributed by atoms with Crippen molar-refractivity contribution >= 4 is 12.0 Å². The number of rotatable bonds is 4. The van der Waals surface area contributed by atoms with Crippen LogP contribution in [0.4, 0.5) is 0 Å². The monoisotopic (exact) mass is 320 g/mol. The SMILES string of the molecule is Cc1ccc(CNC(=O)/C(C#N)=C/c2ccc3c(c2)OCO3)cc1. The molecule has 0 saturated carbocycles. The summed E-state index contributed by atoms with van der Waals surface area (Å²) >= 11 is 0. The van der Waals surface area contributed by atoms with Crippen LogP contribution in [0, 0.1) is 18.3 Å². The van der Waals surface area contributed by atoms with Gasteiger partial charge in [0.05, 0.1) is 0 Å². The summed E-state index contributed by atoms with van der Waals surface area (Å²) in [6.07, 6.45) is 1.53. The van der Waals surface area contributed by atoms with Crippen LogP contribution in [0.15, 0.2) is 48.0 Å². The average molecular weight is 320 g/mol. The lowest BCUT2D eigenvalue weighted by atomic mass is 10.1. The van der Waals surface area contributed by atoms with E-state index < -0.39 is 5.91 Å². The Bertz CT molecular complexity index is 833. The minimum atomic E-state index is -0.407. The second-order valence-electron chi connectivity index (χ2n) is 5.45. The molecule has 0 unspecified atom stereocenters. The standard InChI is InChI=1S/C19H16N2O3/c1-13-2-4-14(5-3-13)11-21-19(22)16(10-20)8-15-6-7-17-18(9-15)24-12-23-17/h2-9H,11-12H2,1H3,(H,21,22)/b16-8+. The second-order valence-corrected chi connectivity index (χ2v) is 5.45. The van der Waals surface area contributed by atoms with Crippen LogP contribution in [0.3, 0.4) is 0 Å². The molecule has 0 radical (unpaired) electrons. The van der Waals surface area contributed by atoms with E-state index in [2.05, 4.69) is 5.32 Å². The minimum Gasteiger partial charge on any atom is -0.454 e. The highest BCUT2D eigenvalue weighted by molar-refractivity contribution is 6.01. The Morgan fingerprint density at radius 1 is 1.21 bits per heavy atom. The number of nitriles is 1. The van der Waals surface area contributed by atoms with Gasteiger partial charge in [0, 0.05) is 6.54 Å². The lowest BCUT2D eigenvalue weighted by Crippen LogP contribution is -2.23. The van der Waals surface area contributed by atoms with Crippen molar-refractivity contribution in [2.24, 2.45) is 0 Å². The molecule has 0 aliphatic carbocycles. The molecule has 2 aromatic rings. The number of carbonyl (C=O) groups is 1. The quantitative estimate of drug-likeness (QED) is 0.694. The Labute approximate surface area is 140 Å². The van der Waals surface area contributed by atoms with Crippen molar-refractivity contribution in [1.29, 1.82) is 5.26 Å². The molecule has 5 nitrogen and oxygen atoms in total. The lowest BCUT2D eigenvalue weighted by Gasteiger charge is -2.05. The first kappa shape index (κ1) is 15.6. The molecule has 2 aromatic carbocycles. The molecule has 0 atom stereocenters. The predicted octanol–water partition coefficient (Wildman–Crippen LogP) is 2.95. The van der Waals surface area contributed by atoms with E-state index in [9.17, 15) is 10.1 Å². The second kappa shape index (κ2) is 6.88. The van der Waals surface area contributed by atoms with Gasteiger partial charge in [-0.2, -0.15) is 5.26 Å². The van der Waals surface area contributed by atoms with Crippen LogP contribution in [0.25, 0.3) is 6.08 Å². The maximum Gasteiger partial charge on any atom is 0.262 e. The molecule has 0 spiro atoms. The van der Waals surface area contributed by atoms with Crippen molar-refractivity contribution in [2.45, 2.75) is 13.5 Å². The summed E-state index contributed by atoms with van der Waals surface area (Å²) in [6, 6.07) is 15.1. The van der Waals surface area contributed by atoms with Crippen LogP contribution in [0.5, 0.6) is 11.5 Å².